The second-order valence-electron chi connectivity index (χ2n) is 5.35. The van der Waals surface area contributed by atoms with Crippen molar-refractivity contribution >= 4 is 69.6 Å². The maximum Gasteiger partial charge on any atom is 0.0780 e. The van der Waals surface area contributed by atoms with Crippen molar-refractivity contribution in [2.24, 2.45) is 0 Å². The van der Waals surface area contributed by atoms with Gasteiger partial charge >= 0.3 is 0 Å². The molecular weight excluding hydrogens is 459 g/mol. The van der Waals surface area contributed by atoms with Gasteiger partial charge in [-0.2, -0.15) is 0 Å². The smallest absolute Gasteiger partial charge is 0.0780 e. The number of aromatic nitrogens is 1. The second kappa shape index (κ2) is 8.12. The third kappa shape index (κ3) is 3.93. The van der Waals surface area contributed by atoms with E-state index in [1.54, 1.807) is 30.3 Å². The molecule has 0 saturated carbocycles. The van der Waals surface area contributed by atoms with E-state index in [0.717, 1.165) is 0 Å². The lowest BCUT2D eigenvalue weighted by atomic mass is 10.0. The van der Waals surface area contributed by atoms with E-state index in [-0.39, 0.29) is 6.61 Å². The molecule has 134 valence electrons. The number of aliphatic hydroxyl groups is 1. The summed E-state index contributed by atoms with van der Waals surface area (Å²) in [6.07, 6.45) is 0. The fourth-order valence-electron chi connectivity index (χ4n) is 2.42. The molecular formula is C18H9Cl6NO. The number of pyridine rings is 1. The Kier molecular flexibility index (Phi) is 6.25. The van der Waals surface area contributed by atoms with Gasteiger partial charge in [0.2, 0.25) is 0 Å². The summed E-state index contributed by atoms with van der Waals surface area (Å²) in [5.41, 5.74) is 2.73. The highest BCUT2D eigenvalue weighted by atomic mass is 35.5. The first-order valence-electron chi connectivity index (χ1n) is 7.22. The Morgan fingerprint density at radius 1 is 0.654 bits per heavy atom. The minimum absolute atomic E-state index is 0.228. The lowest BCUT2D eigenvalue weighted by molar-refractivity contribution is 0.282. The molecule has 2 nitrogen and oxygen atoms in total. The summed E-state index contributed by atoms with van der Waals surface area (Å²) in [4.78, 5) is 4.61. The Labute approximate surface area is 180 Å². The molecule has 8 heteroatoms. The highest BCUT2D eigenvalue weighted by Crippen LogP contribution is 2.39. The Hall–Kier alpha value is -0.710. The molecule has 0 bridgehead atoms. The predicted molar refractivity (Wildman–Crippen MR) is 111 cm³/mol. The summed E-state index contributed by atoms with van der Waals surface area (Å²) in [7, 11) is 0. The van der Waals surface area contributed by atoms with Gasteiger partial charge in [-0.1, -0.05) is 75.7 Å². The average Bonchev–Trinajstić information content (AvgIpc) is 2.61. The Morgan fingerprint density at radius 2 is 1.15 bits per heavy atom. The molecule has 0 fully saturated rings. The molecule has 2 aromatic carbocycles. The van der Waals surface area contributed by atoms with Gasteiger partial charge in [0.05, 0.1) is 48.1 Å². The second-order valence-corrected chi connectivity index (χ2v) is 7.80. The van der Waals surface area contributed by atoms with Gasteiger partial charge in [-0.3, -0.25) is 0 Å². The average molecular weight is 468 g/mol. The van der Waals surface area contributed by atoms with Crippen LogP contribution in [0.5, 0.6) is 0 Å². The molecule has 0 spiro atoms. The molecule has 0 aliphatic heterocycles. The van der Waals surface area contributed by atoms with E-state index in [0.29, 0.717) is 58.2 Å². The molecule has 1 aromatic heterocycles. The number of benzene rings is 2. The highest BCUT2D eigenvalue weighted by molar-refractivity contribution is 6.44. The molecule has 0 aliphatic rings. The number of nitrogens with zero attached hydrogens (tertiary/aromatic N) is 1. The van der Waals surface area contributed by atoms with Crippen molar-refractivity contribution in [2.75, 3.05) is 0 Å². The number of hydrogen-bond donors (Lipinski definition) is 1. The number of halogens is 6. The first kappa shape index (κ1) is 20.0. The predicted octanol–water partition coefficient (Wildman–Crippen LogP) is 7.83. The van der Waals surface area contributed by atoms with Gasteiger partial charge in [-0.25, -0.2) is 4.98 Å². The van der Waals surface area contributed by atoms with Crippen molar-refractivity contribution in [2.45, 2.75) is 6.61 Å². The minimum atomic E-state index is -0.228. The van der Waals surface area contributed by atoms with Crippen molar-refractivity contribution in [1.29, 1.82) is 0 Å². The van der Waals surface area contributed by atoms with Crippen LogP contribution in [-0.2, 0) is 6.61 Å². The summed E-state index contributed by atoms with van der Waals surface area (Å²) in [5.74, 6) is 0. The molecule has 1 N–H and O–H groups in total. The Morgan fingerprint density at radius 3 is 1.73 bits per heavy atom. The summed E-state index contributed by atoms with van der Waals surface area (Å²) in [6, 6.07) is 9.78. The van der Waals surface area contributed by atoms with Crippen molar-refractivity contribution in [3.63, 3.8) is 0 Å². The molecule has 0 atom stereocenters. The largest absolute Gasteiger partial charge is 0.392 e. The molecule has 0 amide bonds. The van der Waals surface area contributed by atoms with Gasteiger partial charge in [0.25, 0.3) is 0 Å². The fraction of sp³-hybridized carbons (Fsp3) is 0.0556. The first-order valence-corrected chi connectivity index (χ1v) is 9.49. The molecule has 3 rings (SSSR count). The van der Waals surface area contributed by atoms with Gasteiger partial charge in [-0.15, -0.1) is 0 Å². The van der Waals surface area contributed by atoms with E-state index in [2.05, 4.69) is 4.98 Å². The Balaban J connectivity index is 2.23. The zero-order valence-corrected chi connectivity index (χ0v) is 17.4. The molecule has 0 aliphatic carbocycles. The molecule has 0 unspecified atom stereocenters. The van der Waals surface area contributed by atoms with Crippen LogP contribution in [0.25, 0.3) is 22.5 Å². The van der Waals surface area contributed by atoms with E-state index in [1.807, 2.05) is 0 Å². The van der Waals surface area contributed by atoms with Gasteiger partial charge in [0, 0.05) is 16.7 Å². The highest BCUT2D eigenvalue weighted by Gasteiger charge is 2.16. The topological polar surface area (TPSA) is 33.1 Å². The van der Waals surface area contributed by atoms with Crippen LogP contribution in [0.3, 0.4) is 0 Å². The van der Waals surface area contributed by atoms with Gasteiger partial charge in [-0.05, 0) is 30.3 Å². The molecule has 0 saturated heterocycles. The van der Waals surface area contributed by atoms with Crippen molar-refractivity contribution in [1.82, 2.24) is 4.98 Å². The third-order valence-corrected chi connectivity index (χ3v) is 5.77. The van der Waals surface area contributed by atoms with Crippen molar-refractivity contribution in [3.8, 4) is 22.5 Å². The van der Waals surface area contributed by atoms with Crippen LogP contribution >= 0.6 is 69.6 Å². The van der Waals surface area contributed by atoms with Gasteiger partial charge in [0.1, 0.15) is 0 Å². The van der Waals surface area contributed by atoms with Crippen LogP contribution in [0.2, 0.25) is 30.1 Å². The molecule has 3 aromatic rings. The van der Waals surface area contributed by atoms with Gasteiger partial charge in [0.15, 0.2) is 0 Å². The van der Waals surface area contributed by atoms with E-state index in [9.17, 15) is 5.11 Å². The SMILES string of the molecule is OCc1ccc(-c2cc(Cl)c(Cl)cc2Cl)nc1-c1cc(Cl)c(Cl)cc1Cl. The summed E-state index contributed by atoms with van der Waals surface area (Å²) in [6.45, 7) is -0.228. The van der Waals surface area contributed by atoms with Gasteiger partial charge < -0.3 is 5.11 Å². The molecule has 1 heterocycles. The zero-order chi connectivity index (χ0) is 19.0. The monoisotopic (exact) mass is 465 g/mol. The summed E-state index contributed by atoms with van der Waals surface area (Å²) in [5, 5.41) is 11.8. The Bertz CT molecular complexity index is 1010. The van der Waals surface area contributed by atoms with Crippen LogP contribution < -0.4 is 0 Å². The number of rotatable bonds is 3. The van der Waals surface area contributed by atoms with E-state index >= 15 is 0 Å². The lowest BCUT2D eigenvalue weighted by Gasteiger charge is -2.13. The normalized spacial score (nSPS) is 11.0. The van der Waals surface area contributed by atoms with E-state index < -0.39 is 0 Å². The summed E-state index contributed by atoms with van der Waals surface area (Å²) < 4.78 is 0. The maximum atomic E-state index is 9.68. The zero-order valence-electron chi connectivity index (χ0n) is 12.8. The molecule has 0 radical (unpaired) electrons. The quantitative estimate of drug-likeness (QED) is 0.398. The van der Waals surface area contributed by atoms with Crippen molar-refractivity contribution in [3.05, 3.63) is 72.1 Å². The number of hydrogen-bond acceptors (Lipinski definition) is 2. The first-order chi connectivity index (χ1) is 12.3. The van der Waals surface area contributed by atoms with Crippen LogP contribution in [0.15, 0.2) is 36.4 Å². The van der Waals surface area contributed by atoms with Crippen LogP contribution in [0, 0.1) is 0 Å². The number of aliphatic hydroxyl groups excluding tert-OH is 1. The summed E-state index contributed by atoms with van der Waals surface area (Å²) >= 11 is 36.8. The van der Waals surface area contributed by atoms with Crippen molar-refractivity contribution < 1.29 is 5.11 Å². The minimum Gasteiger partial charge on any atom is -0.392 e. The van der Waals surface area contributed by atoms with Crippen LogP contribution in [0.4, 0.5) is 0 Å². The fourth-order valence-corrected chi connectivity index (χ4v) is 3.70. The molecule has 26 heavy (non-hydrogen) atoms. The maximum absolute atomic E-state index is 9.68. The third-order valence-electron chi connectivity index (χ3n) is 3.70. The van der Waals surface area contributed by atoms with Crippen LogP contribution in [-0.4, -0.2) is 10.1 Å². The lowest BCUT2D eigenvalue weighted by Crippen LogP contribution is -1.97. The van der Waals surface area contributed by atoms with Crippen LogP contribution in [0.1, 0.15) is 5.56 Å². The van der Waals surface area contributed by atoms with E-state index in [1.165, 1.54) is 6.07 Å². The standard InChI is InChI=1S/C18H9Cl6NO/c19-11-5-15(23)13(21)3-9(11)17-2-1-8(7-26)18(25-17)10-4-14(22)16(24)6-12(10)20/h1-6,26H,7H2. The van der Waals surface area contributed by atoms with E-state index in [4.69, 9.17) is 69.6 Å².